The summed E-state index contributed by atoms with van der Waals surface area (Å²) in [7, 11) is 3.14. The van der Waals surface area contributed by atoms with Gasteiger partial charge in [-0.2, -0.15) is 0 Å². The van der Waals surface area contributed by atoms with Gasteiger partial charge in [-0.3, -0.25) is 24.0 Å². The molecule has 226 valence electrons. The molecule has 13 heteroatoms. The Labute approximate surface area is 240 Å². The van der Waals surface area contributed by atoms with E-state index < -0.39 is 40.8 Å². The van der Waals surface area contributed by atoms with Gasteiger partial charge in [-0.15, -0.1) is 0 Å². The van der Waals surface area contributed by atoms with Crippen LogP contribution < -0.4 is 21.3 Å². The number of carbonyl (C=O) groups is 5. The van der Waals surface area contributed by atoms with Crippen molar-refractivity contribution in [1.82, 2.24) is 21.3 Å². The fourth-order valence-electron chi connectivity index (χ4n) is 3.01. The predicted octanol–water partition coefficient (Wildman–Crippen LogP) is 1.78. The van der Waals surface area contributed by atoms with E-state index in [0.29, 0.717) is 37.4 Å². The fourth-order valence-corrected chi connectivity index (χ4v) is 4.83. The molecule has 0 fully saturated rings. The molecule has 2 atom stereocenters. The lowest BCUT2D eigenvalue weighted by Crippen LogP contribution is -2.47. The van der Waals surface area contributed by atoms with Crippen molar-refractivity contribution in [3.05, 3.63) is 0 Å². The zero-order valence-corrected chi connectivity index (χ0v) is 26.1. The van der Waals surface area contributed by atoms with Crippen LogP contribution in [0.1, 0.15) is 74.1 Å². The average Bonchev–Trinajstić information content (AvgIpc) is 2.87. The third-order valence-electron chi connectivity index (χ3n) is 6.44. The van der Waals surface area contributed by atoms with E-state index >= 15 is 0 Å². The predicted molar refractivity (Wildman–Crippen MR) is 156 cm³/mol. The number of rotatable bonds is 20. The molecule has 0 aromatic rings. The number of hydrogen-bond acceptors (Lipinski definition) is 9. The topological polar surface area (TPSA) is 163 Å². The van der Waals surface area contributed by atoms with Crippen molar-refractivity contribution in [2.24, 2.45) is 10.8 Å². The zero-order valence-electron chi connectivity index (χ0n) is 24.4. The van der Waals surface area contributed by atoms with Gasteiger partial charge in [0.05, 0.1) is 0 Å². The summed E-state index contributed by atoms with van der Waals surface area (Å²) in [6.45, 7) is 13.7. The Morgan fingerprint density at radius 2 is 1.15 bits per heavy atom. The summed E-state index contributed by atoms with van der Waals surface area (Å²) in [6.07, 6.45) is -0.485. The van der Waals surface area contributed by atoms with Crippen LogP contribution in [-0.4, -0.2) is 84.6 Å². The van der Waals surface area contributed by atoms with Gasteiger partial charge in [0.2, 0.25) is 17.7 Å². The van der Waals surface area contributed by atoms with E-state index in [9.17, 15) is 29.1 Å². The number of nitrogens with one attached hydrogen (secondary N) is 4. The summed E-state index contributed by atoms with van der Waals surface area (Å²) >= 11 is 0. The lowest BCUT2D eigenvalue weighted by Gasteiger charge is -2.31. The standard InChI is InChI=1S/C26H48N4O7S2/c1-8-25(4,5)21(34)23(35)29-12-10-19(32)27-14-16-38-39-17-15-28-20(33)11-13-30-24(36)22(37-18(3)31)26(6,7)9-2/h21-22,34H,8-17H2,1-7H3,(H,27,32)(H,28,33)(H,29,35)(H,30,36). The summed E-state index contributed by atoms with van der Waals surface area (Å²) < 4.78 is 5.20. The van der Waals surface area contributed by atoms with Crippen LogP contribution in [0.25, 0.3) is 0 Å². The molecule has 0 saturated heterocycles. The third kappa shape index (κ3) is 16.0. The number of hydrogen-bond donors (Lipinski definition) is 5. The molecule has 5 N–H and O–H groups in total. The van der Waals surface area contributed by atoms with Crippen LogP contribution in [0, 0.1) is 10.8 Å². The number of aliphatic hydroxyl groups is 1. The summed E-state index contributed by atoms with van der Waals surface area (Å²) in [5.74, 6) is -0.416. The van der Waals surface area contributed by atoms with Gasteiger partial charge in [0.1, 0.15) is 6.10 Å². The van der Waals surface area contributed by atoms with Gasteiger partial charge in [0.25, 0.3) is 5.91 Å². The minimum absolute atomic E-state index is 0.116. The van der Waals surface area contributed by atoms with Crippen molar-refractivity contribution in [1.29, 1.82) is 0 Å². The molecule has 39 heavy (non-hydrogen) atoms. The van der Waals surface area contributed by atoms with Crippen molar-refractivity contribution in [3.63, 3.8) is 0 Å². The molecular weight excluding hydrogens is 544 g/mol. The molecule has 11 nitrogen and oxygen atoms in total. The Morgan fingerprint density at radius 1 is 0.718 bits per heavy atom. The Kier molecular flexibility index (Phi) is 18.2. The maximum Gasteiger partial charge on any atom is 0.303 e. The third-order valence-corrected chi connectivity index (χ3v) is 8.85. The van der Waals surface area contributed by atoms with Gasteiger partial charge in [-0.1, -0.05) is 63.1 Å². The average molecular weight is 593 g/mol. The van der Waals surface area contributed by atoms with Crippen LogP contribution in [0.15, 0.2) is 0 Å². The first-order chi connectivity index (χ1) is 18.2. The SMILES string of the molecule is CCC(C)(C)C(O)C(=O)NCCC(=O)NCCSSCCNC(=O)CCNC(=O)C(OC(C)=O)C(C)(C)CC. The zero-order chi connectivity index (χ0) is 30.1. The van der Waals surface area contributed by atoms with Crippen molar-refractivity contribution < 1.29 is 33.8 Å². The summed E-state index contributed by atoms with van der Waals surface area (Å²) in [4.78, 5) is 59.7. The largest absolute Gasteiger partial charge is 0.452 e. The molecule has 0 heterocycles. The summed E-state index contributed by atoms with van der Waals surface area (Å²) in [5, 5.41) is 20.9. The van der Waals surface area contributed by atoms with Crippen LogP contribution in [-0.2, 0) is 28.7 Å². The fraction of sp³-hybridized carbons (Fsp3) is 0.808. The quantitative estimate of drug-likeness (QED) is 0.0806. The lowest BCUT2D eigenvalue weighted by molar-refractivity contribution is -0.161. The number of amides is 4. The minimum Gasteiger partial charge on any atom is -0.452 e. The highest BCUT2D eigenvalue weighted by molar-refractivity contribution is 8.76. The highest BCUT2D eigenvalue weighted by Crippen LogP contribution is 2.28. The first kappa shape index (κ1) is 37.0. The molecule has 0 spiro atoms. The van der Waals surface area contributed by atoms with Gasteiger partial charge in [0.15, 0.2) is 6.10 Å². The van der Waals surface area contributed by atoms with Crippen LogP contribution in [0.2, 0.25) is 0 Å². The van der Waals surface area contributed by atoms with Crippen molar-refractivity contribution >= 4 is 51.2 Å². The minimum atomic E-state index is -1.12. The van der Waals surface area contributed by atoms with E-state index in [1.54, 1.807) is 21.6 Å². The van der Waals surface area contributed by atoms with Crippen LogP contribution in [0.4, 0.5) is 0 Å². The first-order valence-electron chi connectivity index (χ1n) is 13.4. The Hall–Kier alpha value is -1.99. The molecule has 0 aliphatic heterocycles. The van der Waals surface area contributed by atoms with Gasteiger partial charge < -0.3 is 31.1 Å². The van der Waals surface area contributed by atoms with E-state index in [0.717, 1.165) is 0 Å². The number of esters is 1. The van der Waals surface area contributed by atoms with Crippen LogP contribution in [0.5, 0.6) is 0 Å². The number of ether oxygens (including phenoxy) is 1. The molecule has 0 bridgehead atoms. The summed E-state index contributed by atoms with van der Waals surface area (Å²) in [5.41, 5.74) is -1.05. The Morgan fingerprint density at radius 3 is 1.56 bits per heavy atom. The van der Waals surface area contributed by atoms with Gasteiger partial charge >= 0.3 is 5.97 Å². The highest BCUT2D eigenvalue weighted by Gasteiger charge is 2.36. The molecule has 4 amide bonds. The molecule has 0 aromatic heterocycles. The second-order valence-corrected chi connectivity index (χ2v) is 13.2. The molecule has 0 aliphatic rings. The molecule has 2 unspecified atom stereocenters. The molecule has 0 saturated carbocycles. The highest BCUT2D eigenvalue weighted by atomic mass is 33.1. The van der Waals surface area contributed by atoms with Gasteiger partial charge in [-0.25, -0.2) is 0 Å². The normalized spacial score (nSPS) is 13.1. The van der Waals surface area contributed by atoms with Gasteiger partial charge in [0, 0.05) is 62.9 Å². The van der Waals surface area contributed by atoms with Crippen molar-refractivity contribution in [2.45, 2.75) is 86.4 Å². The van der Waals surface area contributed by atoms with E-state index in [1.165, 1.54) is 6.92 Å². The second-order valence-electron chi connectivity index (χ2n) is 10.5. The number of carbonyl (C=O) groups excluding carboxylic acids is 5. The lowest BCUT2D eigenvalue weighted by atomic mass is 9.83. The second kappa shape index (κ2) is 19.1. The Bertz CT molecular complexity index is 809. The maximum absolute atomic E-state index is 12.5. The Balaban J connectivity index is 3.91. The van der Waals surface area contributed by atoms with E-state index in [2.05, 4.69) is 21.3 Å². The molecule has 0 rings (SSSR count). The monoisotopic (exact) mass is 592 g/mol. The summed E-state index contributed by atoms with van der Waals surface area (Å²) in [6, 6.07) is 0. The van der Waals surface area contributed by atoms with E-state index in [-0.39, 0.29) is 37.7 Å². The van der Waals surface area contributed by atoms with Crippen LogP contribution >= 0.6 is 21.6 Å². The smallest absolute Gasteiger partial charge is 0.303 e. The van der Waals surface area contributed by atoms with E-state index in [1.807, 2.05) is 41.5 Å². The number of aliphatic hydroxyl groups excluding tert-OH is 1. The van der Waals surface area contributed by atoms with E-state index in [4.69, 9.17) is 4.74 Å². The van der Waals surface area contributed by atoms with Crippen LogP contribution in [0.3, 0.4) is 0 Å². The first-order valence-corrected chi connectivity index (χ1v) is 15.8. The molecule has 0 aromatic carbocycles. The van der Waals surface area contributed by atoms with Crippen molar-refractivity contribution in [3.8, 4) is 0 Å². The molecular formula is C26H48N4O7S2. The molecule has 0 aliphatic carbocycles. The van der Waals surface area contributed by atoms with Crippen molar-refractivity contribution in [2.75, 3.05) is 37.7 Å². The molecule has 0 radical (unpaired) electrons. The van der Waals surface area contributed by atoms with Gasteiger partial charge in [-0.05, 0) is 18.3 Å². The maximum atomic E-state index is 12.5.